The fourth-order valence-electron chi connectivity index (χ4n) is 6.38. The van der Waals surface area contributed by atoms with E-state index in [2.05, 4.69) is 39.0 Å². The number of rotatable bonds is 15. The Morgan fingerprint density at radius 2 is 1.80 bits per heavy atom. The predicted octanol–water partition coefficient (Wildman–Crippen LogP) is 3.36. The van der Waals surface area contributed by atoms with Gasteiger partial charge < -0.3 is 28.7 Å². The monoisotopic (exact) mass is 560 g/mol. The molecule has 40 heavy (non-hydrogen) atoms. The van der Waals surface area contributed by atoms with Gasteiger partial charge in [-0.15, -0.1) is 0 Å². The molecule has 0 saturated carbocycles. The van der Waals surface area contributed by atoms with Crippen LogP contribution in [-0.2, 0) is 25.5 Å². The van der Waals surface area contributed by atoms with Gasteiger partial charge in [0, 0.05) is 38.0 Å². The summed E-state index contributed by atoms with van der Waals surface area (Å²) in [6.45, 7) is 7.30. The third-order valence-corrected chi connectivity index (χ3v) is 8.54. The largest absolute Gasteiger partial charge is 0.493 e. The molecule has 224 valence electrons. The number of carboxylic acids is 1. The molecule has 2 fully saturated rings. The van der Waals surface area contributed by atoms with Gasteiger partial charge in [-0.3, -0.25) is 14.5 Å². The minimum Gasteiger partial charge on any atom is -0.493 e. The van der Waals surface area contributed by atoms with Crippen molar-refractivity contribution >= 4 is 11.9 Å². The number of hydrogen-bond acceptors (Lipinski definition) is 6. The lowest BCUT2D eigenvalue weighted by atomic mass is 9.83. The fourth-order valence-corrected chi connectivity index (χ4v) is 6.38. The molecule has 0 bridgehead atoms. The van der Waals surface area contributed by atoms with Gasteiger partial charge in [-0.2, -0.15) is 0 Å². The van der Waals surface area contributed by atoms with E-state index >= 15 is 0 Å². The minimum absolute atomic E-state index is 0.101. The van der Waals surface area contributed by atoms with Crippen LogP contribution in [0.15, 0.2) is 18.2 Å². The zero-order valence-corrected chi connectivity index (χ0v) is 25.0. The van der Waals surface area contributed by atoms with Crippen molar-refractivity contribution in [2.45, 2.75) is 70.1 Å². The molecule has 0 aromatic heterocycles. The number of amides is 1. The van der Waals surface area contributed by atoms with Crippen molar-refractivity contribution in [1.29, 1.82) is 0 Å². The van der Waals surface area contributed by atoms with E-state index in [1.54, 1.807) is 0 Å². The molecule has 0 spiro atoms. The number of quaternary nitrogens is 1. The normalized spacial score (nSPS) is 23.4. The Bertz CT molecular complexity index is 990. The van der Waals surface area contributed by atoms with E-state index in [4.69, 9.17) is 14.2 Å². The van der Waals surface area contributed by atoms with Crippen molar-refractivity contribution in [3.05, 3.63) is 29.3 Å². The maximum Gasteiger partial charge on any atom is 0.308 e. The summed E-state index contributed by atoms with van der Waals surface area (Å²) in [4.78, 5) is 30.7. The lowest BCUT2D eigenvalue weighted by Gasteiger charge is -2.30. The Kier molecular flexibility index (Phi) is 10.9. The topological polar surface area (TPSA) is 88.5 Å². The van der Waals surface area contributed by atoms with E-state index < -0.39 is 11.9 Å². The molecule has 0 aliphatic carbocycles. The molecule has 9 heteroatoms. The summed E-state index contributed by atoms with van der Waals surface area (Å²) in [5.41, 5.74) is 2.16. The number of unbranched alkanes of at least 4 members (excludes halogenated alkanes) is 2. The number of hydrogen-bond donors (Lipinski definition) is 1. The van der Waals surface area contributed by atoms with Crippen LogP contribution in [0.5, 0.6) is 5.75 Å². The Morgan fingerprint density at radius 3 is 2.50 bits per heavy atom. The van der Waals surface area contributed by atoms with Crippen LogP contribution in [0.25, 0.3) is 0 Å². The molecule has 4 rings (SSSR count). The Balaban J connectivity index is 1.50. The first-order chi connectivity index (χ1) is 19.2. The van der Waals surface area contributed by atoms with Gasteiger partial charge >= 0.3 is 5.97 Å². The standard InChI is InChI=1S/C31H49N3O6/c1-5-6-14-32(15-7-8-16-34(2,3)4)28(35)22-33-21-25(23-9-11-27-24(20-23)13-17-38-27)30(31(36)37)26(33)10-12-29-39-18-19-40-29/h9,11,20,25-26,29-30H,5-8,10,12-19,21-22H2,1-4H3/p+1/t25-,26+,30-/m1/s1. The molecule has 3 aliphatic rings. The van der Waals surface area contributed by atoms with E-state index in [-0.39, 0.29) is 30.7 Å². The Hall–Kier alpha value is -2.20. The molecular weight excluding hydrogens is 510 g/mol. The van der Waals surface area contributed by atoms with Gasteiger partial charge in [0.05, 0.1) is 60.0 Å². The fraction of sp³-hybridized carbons (Fsp3) is 0.742. The molecule has 3 aliphatic heterocycles. The number of nitrogens with zero attached hydrogens (tertiary/aromatic N) is 3. The first kappa shape index (κ1) is 30.8. The van der Waals surface area contributed by atoms with Crippen molar-refractivity contribution in [3.8, 4) is 5.75 Å². The zero-order valence-electron chi connectivity index (χ0n) is 25.0. The highest BCUT2D eigenvalue weighted by Crippen LogP contribution is 2.41. The molecule has 0 radical (unpaired) electrons. The molecule has 2 saturated heterocycles. The van der Waals surface area contributed by atoms with Crippen molar-refractivity contribution in [3.63, 3.8) is 0 Å². The van der Waals surface area contributed by atoms with Crippen LogP contribution in [0.2, 0.25) is 0 Å². The highest BCUT2D eigenvalue weighted by Gasteiger charge is 2.47. The van der Waals surface area contributed by atoms with Crippen molar-refractivity contribution in [1.82, 2.24) is 9.80 Å². The molecule has 0 unspecified atom stereocenters. The van der Waals surface area contributed by atoms with E-state index in [0.29, 0.717) is 39.2 Å². The Labute approximate surface area is 239 Å². The van der Waals surface area contributed by atoms with Gasteiger partial charge in [0.2, 0.25) is 5.91 Å². The van der Waals surface area contributed by atoms with Crippen LogP contribution < -0.4 is 4.74 Å². The van der Waals surface area contributed by atoms with Gasteiger partial charge in [-0.25, -0.2) is 0 Å². The number of benzene rings is 1. The van der Waals surface area contributed by atoms with E-state index in [0.717, 1.165) is 73.1 Å². The van der Waals surface area contributed by atoms with Gasteiger partial charge in [-0.1, -0.05) is 25.5 Å². The Morgan fingerprint density at radius 1 is 1.05 bits per heavy atom. The van der Waals surface area contributed by atoms with Gasteiger partial charge in [0.1, 0.15) is 5.75 Å². The average molecular weight is 561 g/mol. The van der Waals surface area contributed by atoms with Crippen LogP contribution >= 0.6 is 0 Å². The summed E-state index contributed by atoms with van der Waals surface area (Å²) < 4.78 is 17.9. The van der Waals surface area contributed by atoms with Crippen LogP contribution in [0.3, 0.4) is 0 Å². The lowest BCUT2D eigenvalue weighted by Crippen LogP contribution is -2.45. The third-order valence-electron chi connectivity index (χ3n) is 8.54. The zero-order chi connectivity index (χ0) is 28.7. The smallest absolute Gasteiger partial charge is 0.308 e. The second-order valence-corrected chi connectivity index (χ2v) is 12.6. The lowest BCUT2D eigenvalue weighted by molar-refractivity contribution is -0.870. The second kappa shape index (κ2) is 14.1. The number of likely N-dealkylation sites (tertiary alicyclic amines) is 1. The summed E-state index contributed by atoms with van der Waals surface area (Å²) in [6, 6.07) is 5.84. The summed E-state index contributed by atoms with van der Waals surface area (Å²) in [7, 11) is 6.58. The quantitative estimate of drug-likeness (QED) is 0.260. The van der Waals surface area contributed by atoms with Crippen LogP contribution in [-0.4, -0.2) is 117 Å². The number of carboxylic acid groups (broad SMARTS) is 1. The molecule has 1 aromatic rings. The highest BCUT2D eigenvalue weighted by atomic mass is 16.7. The highest BCUT2D eigenvalue weighted by molar-refractivity contribution is 5.79. The van der Waals surface area contributed by atoms with Crippen LogP contribution in [0, 0.1) is 5.92 Å². The maximum absolute atomic E-state index is 13.7. The minimum atomic E-state index is -0.807. The number of ether oxygens (including phenoxy) is 3. The summed E-state index contributed by atoms with van der Waals surface area (Å²) in [6.07, 6.45) is 5.81. The summed E-state index contributed by atoms with van der Waals surface area (Å²) in [5, 5.41) is 10.5. The first-order valence-electron chi connectivity index (χ1n) is 15.2. The van der Waals surface area contributed by atoms with Crippen LogP contribution in [0.1, 0.15) is 62.5 Å². The summed E-state index contributed by atoms with van der Waals surface area (Å²) in [5.74, 6) is -0.615. The number of carbonyl (C=O) groups is 2. The van der Waals surface area contributed by atoms with Crippen molar-refractivity contribution < 1.29 is 33.4 Å². The number of fused-ring (bicyclic) bond motifs is 1. The third kappa shape index (κ3) is 8.18. The SMILES string of the molecule is CCCCN(CCCC[N+](C)(C)C)C(=O)CN1C[C@H](c2ccc3c(c2)CCO3)[C@@H](C(=O)O)[C@@H]1CCC1OCCO1. The number of aliphatic carboxylic acids is 1. The maximum atomic E-state index is 13.7. The van der Waals surface area contributed by atoms with Gasteiger partial charge in [-0.05, 0) is 49.3 Å². The predicted molar refractivity (Wildman–Crippen MR) is 153 cm³/mol. The summed E-state index contributed by atoms with van der Waals surface area (Å²) >= 11 is 0. The van der Waals surface area contributed by atoms with E-state index in [1.165, 1.54) is 0 Å². The van der Waals surface area contributed by atoms with E-state index in [9.17, 15) is 14.7 Å². The molecule has 9 nitrogen and oxygen atoms in total. The first-order valence-corrected chi connectivity index (χ1v) is 15.2. The van der Waals surface area contributed by atoms with Gasteiger partial charge in [0.15, 0.2) is 6.29 Å². The molecule has 1 aromatic carbocycles. The van der Waals surface area contributed by atoms with Crippen LogP contribution in [0.4, 0.5) is 0 Å². The second-order valence-electron chi connectivity index (χ2n) is 12.6. The molecule has 1 N–H and O–H groups in total. The molecular formula is C31H50N3O6+. The average Bonchev–Trinajstić information content (AvgIpc) is 3.66. The molecule has 3 heterocycles. The van der Waals surface area contributed by atoms with Crippen molar-refractivity contribution in [2.24, 2.45) is 5.92 Å². The molecule has 1 amide bonds. The number of carbonyl (C=O) groups excluding carboxylic acids is 1. The molecule has 3 atom stereocenters. The van der Waals surface area contributed by atoms with Gasteiger partial charge in [0.25, 0.3) is 0 Å². The van der Waals surface area contributed by atoms with Crippen molar-refractivity contribution in [2.75, 3.05) is 73.7 Å². The van der Waals surface area contributed by atoms with E-state index in [1.807, 2.05) is 17.0 Å².